The minimum Gasteiger partial charge on any atom is -0.338 e. The minimum atomic E-state index is -0.112. The van der Waals surface area contributed by atoms with E-state index in [2.05, 4.69) is 11.4 Å². The van der Waals surface area contributed by atoms with Crippen LogP contribution in [0.3, 0.4) is 0 Å². The van der Waals surface area contributed by atoms with Crippen molar-refractivity contribution in [1.82, 2.24) is 4.90 Å². The van der Waals surface area contributed by atoms with Crippen molar-refractivity contribution in [2.45, 2.75) is 40.7 Å². The standard InChI is InChI=1S/C22H26N2O2/c1-14(2)22(26)24-10-9-17-7-8-20(12-19(17)13-24)23-21(25)18-6-5-15(3)16(4)11-18/h5-8,11-12,14H,9-10,13H2,1-4H3,(H,23,25). The summed E-state index contributed by atoms with van der Waals surface area (Å²) >= 11 is 0. The lowest BCUT2D eigenvalue weighted by atomic mass is 9.98. The molecule has 0 saturated heterocycles. The van der Waals surface area contributed by atoms with E-state index < -0.39 is 0 Å². The van der Waals surface area contributed by atoms with E-state index >= 15 is 0 Å². The number of hydrogen-bond donors (Lipinski definition) is 1. The van der Waals surface area contributed by atoms with Crippen LogP contribution in [0.2, 0.25) is 0 Å². The Bertz CT molecular complexity index is 855. The van der Waals surface area contributed by atoms with Crippen LogP contribution in [0.15, 0.2) is 36.4 Å². The van der Waals surface area contributed by atoms with Crippen LogP contribution >= 0.6 is 0 Å². The van der Waals surface area contributed by atoms with Gasteiger partial charge < -0.3 is 10.2 Å². The SMILES string of the molecule is Cc1ccc(C(=O)Nc2ccc3c(c2)CN(C(=O)C(C)C)CC3)cc1C. The Balaban J connectivity index is 1.76. The normalized spacial score (nSPS) is 13.5. The van der Waals surface area contributed by atoms with Gasteiger partial charge in [-0.3, -0.25) is 9.59 Å². The predicted molar refractivity (Wildman–Crippen MR) is 104 cm³/mol. The first-order valence-corrected chi connectivity index (χ1v) is 9.14. The van der Waals surface area contributed by atoms with Gasteiger partial charge in [0, 0.05) is 30.3 Å². The van der Waals surface area contributed by atoms with Crippen LogP contribution in [0.1, 0.15) is 46.5 Å². The average molecular weight is 350 g/mol. The van der Waals surface area contributed by atoms with Crippen molar-refractivity contribution in [3.05, 3.63) is 64.2 Å². The summed E-state index contributed by atoms with van der Waals surface area (Å²) in [5.41, 5.74) is 6.06. The molecule has 0 radical (unpaired) electrons. The van der Waals surface area contributed by atoms with Crippen molar-refractivity contribution < 1.29 is 9.59 Å². The summed E-state index contributed by atoms with van der Waals surface area (Å²) < 4.78 is 0. The maximum absolute atomic E-state index is 12.5. The molecule has 3 rings (SSSR count). The third kappa shape index (κ3) is 3.79. The van der Waals surface area contributed by atoms with Gasteiger partial charge in [-0.05, 0) is 66.8 Å². The Hall–Kier alpha value is -2.62. The summed E-state index contributed by atoms with van der Waals surface area (Å²) in [7, 11) is 0. The highest BCUT2D eigenvalue weighted by atomic mass is 16.2. The number of fused-ring (bicyclic) bond motifs is 1. The number of amides is 2. The number of benzene rings is 2. The zero-order valence-electron chi connectivity index (χ0n) is 15.9. The van der Waals surface area contributed by atoms with Crippen LogP contribution in [0.5, 0.6) is 0 Å². The Morgan fingerprint density at radius 1 is 1.00 bits per heavy atom. The van der Waals surface area contributed by atoms with Gasteiger partial charge in [-0.1, -0.05) is 26.0 Å². The quantitative estimate of drug-likeness (QED) is 0.906. The second-order valence-corrected chi connectivity index (χ2v) is 7.40. The third-order valence-electron chi connectivity index (χ3n) is 5.05. The van der Waals surface area contributed by atoms with Gasteiger partial charge in [0.05, 0.1) is 0 Å². The van der Waals surface area contributed by atoms with Crippen LogP contribution < -0.4 is 5.32 Å². The molecule has 0 aliphatic carbocycles. The van der Waals surface area contributed by atoms with Crippen LogP contribution in [-0.2, 0) is 17.8 Å². The van der Waals surface area contributed by atoms with Gasteiger partial charge in [-0.15, -0.1) is 0 Å². The topological polar surface area (TPSA) is 49.4 Å². The van der Waals surface area contributed by atoms with Gasteiger partial charge >= 0.3 is 0 Å². The molecule has 0 bridgehead atoms. The lowest BCUT2D eigenvalue weighted by Crippen LogP contribution is -2.38. The Morgan fingerprint density at radius 2 is 1.77 bits per heavy atom. The fourth-order valence-electron chi connectivity index (χ4n) is 3.27. The molecule has 0 unspecified atom stereocenters. The van der Waals surface area contributed by atoms with E-state index in [1.54, 1.807) is 0 Å². The Labute approximate surface area is 155 Å². The van der Waals surface area contributed by atoms with Gasteiger partial charge in [-0.2, -0.15) is 0 Å². The number of nitrogens with one attached hydrogen (secondary N) is 1. The molecule has 2 aromatic carbocycles. The summed E-state index contributed by atoms with van der Waals surface area (Å²) in [5, 5.41) is 2.98. The molecule has 1 aliphatic heterocycles. The van der Waals surface area contributed by atoms with E-state index in [-0.39, 0.29) is 17.7 Å². The number of anilines is 1. The van der Waals surface area contributed by atoms with E-state index in [4.69, 9.17) is 0 Å². The molecule has 0 aromatic heterocycles. The van der Waals surface area contributed by atoms with Crippen LogP contribution in [0, 0.1) is 19.8 Å². The molecule has 1 N–H and O–H groups in total. The molecule has 4 heteroatoms. The summed E-state index contributed by atoms with van der Waals surface area (Å²) in [6, 6.07) is 11.7. The molecule has 0 spiro atoms. The Morgan fingerprint density at radius 3 is 2.46 bits per heavy atom. The van der Waals surface area contributed by atoms with E-state index in [0.29, 0.717) is 12.1 Å². The second-order valence-electron chi connectivity index (χ2n) is 7.40. The lowest BCUT2D eigenvalue weighted by molar-refractivity contribution is -0.135. The first-order chi connectivity index (χ1) is 12.3. The molecule has 26 heavy (non-hydrogen) atoms. The molecule has 2 aromatic rings. The molecule has 136 valence electrons. The van der Waals surface area contributed by atoms with Crippen molar-refractivity contribution >= 4 is 17.5 Å². The number of rotatable bonds is 3. The summed E-state index contributed by atoms with van der Waals surface area (Å²) in [6.07, 6.45) is 0.860. The maximum Gasteiger partial charge on any atom is 0.255 e. The number of carbonyl (C=O) groups excluding carboxylic acids is 2. The van der Waals surface area contributed by atoms with Crippen molar-refractivity contribution in [2.75, 3.05) is 11.9 Å². The molecule has 4 nitrogen and oxygen atoms in total. The average Bonchev–Trinajstić information content (AvgIpc) is 2.62. The highest BCUT2D eigenvalue weighted by Gasteiger charge is 2.22. The largest absolute Gasteiger partial charge is 0.338 e. The first-order valence-electron chi connectivity index (χ1n) is 9.14. The molecular weight excluding hydrogens is 324 g/mol. The van der Waals surface area contributed by atoms with Gasteiger partial charge in [0.2, 0.25) is 5.91 Å². The second kappa shape index (κ2) is 7.32. The fraction of sp³-hybridized carbons (Fsp3) is 0.364. The van der Waals surface area contributed by atoms with Crippen molar-refractivity contribution in [2.24, 2.45) is 5.92 Å². The monoisotopic (exact) mass is 350 g/mol. The van der Waals surface area contributed by atoms with Gasteiger partial charge in [0.1, 0.15) is 0 Å². The molecule has 2 amide bonds. The number of hydrogen-bond acceptors (Lipinski definition) is 2. The smallest absolute Gasteiger partial charge is 0.255 e. The number of aryl methyl sites for hydroxylation is 2. The predicted octanol–water partition coefficient (Wildman–Crippen LogP) is 4.10. The van der Waals surface area contributed by atoms with Crippen LogP contribution in [0.4, 0.5) is 5.69 Å². The fourth-order valence-corrected chi connectivity index (χ4v) is 3.27. The molecule has 0 fully saturated rings. The summed E-state index contributed by atoms with van der Waals surface area (Å²) in [5.74, 6) is 0.0726. The van der Waals surface area contributed by atoms with Crippen molar-refractivity contribution in [3.8, 4) is 0 Å². The Kier molecular flexibility index (Phi) is 5.12. The van der Waals surface area contributed by atoms with E-state index in [1.807, 2.05) is 62.9 Å². The van der Waals surface area contributed by atoms with E-state index in [1.165, 1.54) is 11.1 Å². The molecule has 1 heterocycles. The zero-order valence-corrected chi connectivity index (χ0v) is 15.9. The maximum atomic E-state index is 12.5. The summed E-state index contributed by atoms with van der Waals surface area (Å²) in [6.45, 7) is 9.27. The summed E-state index contributed by atoms with van der Waals surface area (Å²) in [4.78, 5) is 26.7. The van der Waals surface area contributed by atoms with E-state index in [0.717, 1.165) is 29.8 Å². The van der Waals surface area contributed by atoms with Gasteiger partial charge in [-0.25, -0.2) is 0 Å². The van der Waals surface area contributed by atoms with Crippen molar-refractivity contribution in [3.63, 3.8) is 0 Å². The number of carbonyl (C=O) groups is 2. The third-order valence-corrected chi connectivity index (χ3v) is 5.05. The van der Waals surface area contributed by atoms with Crippen molar-refractivity contribution in [1.29, 1.82) is 0 Å². The molecule has 1 aliphatic rings. The lowest BCUT2D eigenvalue weighted by Gasteiger charge is -2.30. The molecule has 0 atom stereocenters. The van der Waals surface area contributed by atoms with Gasteiger partial charge in [0.25, 0.3) is 5.91 Å². The van der Waals surface area contributed by atoms with Crippen LogP contribution in [0.25, 0.3) is 0 Å². The molecule has 0 saturated carbocycles. The highest BCUT2D eigenvalue weighted by Crippen LogP contribution is 2.24. The minimum absolute atomic E-state index is 0.00390. The zero-order chi connectivity index (χ0) is 18.8. The van der Waals surface area contributed by atoms with Crippen LogP contribution in [-0.4, -0.2) is 23.3 Å². The van der Waals surface area contributed by atoms with E-state index in [9.17, 15) is 9.59 Å². The highest BCUT2D eigenvalue weighted by molar-refractivity contribution is 6.04. The molecular formula is C22H26N2O2. The number of nitrogens with zero attached hydrogens (tertiary/aromatic N) is 1. The first kappa shape index (κ1) is 18.2. The van der Waals surface area contributed by atoms with Gasteiger partial charge in [0.15, 0.2) is 0 Å².